The molecule has 0 saturated heterocycles. The van der Waals surface area contributed by atoms with Crippen LogP contribution in [0.5, 0.6) is 5.75 Å². The molecule has 0 heterocycles. The maximum Gasteiger partial charge on any atom is 0.416 e. The van der Waals surface area contributed by atoms with Crippen LogP contribution in [-0.4, -0.2) is 41.2 Å². The summed E-state index contributed by atoms with van der Waals surface area (Å²) < 4.78 is 77.5. The van der Waals surface area contributed by atoms with E-state index in [0.717, 1.165) is 22.5 Å². The third-order valence-corrected chi connectivity index (χ3v) is 7.28. The Hall–Kier alpha value is -2.99. The standard InChI is InChI=1S/C24H21Cl2F3N2O5S/c1-35-10-11-36-22-14-21(19(25)13-20(22)26)31(37(33,34)18-8-3-2-4-9-18)15-23(32)30-17-7-5-6-16(12-17)24(27,28)29/h2-9,12-14H,10-11,15H2,1H3,(H,30,32). The highest BCUT2D eigenvalue weighted by atomic mass is 35.5. The van der Waals surface area contributed by atoms with Gasteiger partial charge < -0.3 is 14.8 Å². The monoisotopic (exact) mass is 576 g/mol. The average molecular weight is 577 g/mol. The highest BCUT2D eigenvalue weighted by Gasteiger charge is 2.32. The zero-order chi connectivity index (χ0) is 27.2. The molecule has 3 aromatic rings. The van der Waals surface area contributed by atoms with E-state index in [1.807, 2.05) is 0 Å². The predicted molar refractivity (Wildman–Crippen MR) is 135 cm³/mol. The van der Waals surface area contributed by atoms with Gasteiger partial charge in [-0.25, -0.2) is 8.42 Å². The van der Waals surface area contributed by atoms with Gasteiger partial charge >= 0.3 is 6.18 Å². The summed E-state index contributed by atoms with van der Waals surface area (Å²) in [5.41, 5.74) is -1.26. The number of anilines is 2. The van der Waals surface area contributed by atoms with Crippen molar-refractivity contribution in [1.29, 1.82) is 0 Å². The Morgan fingerprint density at radius 1 is 0.973 bits per heavy atom. The first-order chi connectivity index (χ1) is 17.4. The highest BCUT2D eigenvalue weighted by molar-refractivity contribution is 7.92. The number of carbonyl (C=O) groups is 1. The second-order valence-corrected chi connectivity index (χ2v) is 10.2. The molecule has 3 rings (SSSR count). The summed E-state index contributed by atoms with van der Waals surface area (Å²) in [5, 5.41) is 2.30. The molecule has 0 aliphatic heterocycles. The first kappa shape index (κ1) is 28.6. The molecule has 3 aromatic carbocycles. The molecule has 0 bridgehead atoms. The molecular weight excluding hydrogens is 556 g/mol. The second-order valence-electron chi connectivity index (χ2n) is 7.53. The number of alkyl halides is 3. The first-order valence-corrected chi connectivity index (χ1v) is 12.8. The number of ether oxygens (including phenoxy) is 2. The van der Waals surface area contributed by atoms with Gasteiger partial charge in [0.05, 0.1) is 32.8 Å². The fourth-order valence-corrected chi connectivity index (χ4v) is 5.22. The van der Waals surface area contributed by atoms with E-state index in [4.69, 9.17) is 32.7 Å². The lowest BCUT2D eigenvalue weighted by Gasteiger charge is -2.26. The lowest BCUT2D eigenvalue weighted by molar-refractivity contribution is -0.137. The van der Waals surface area contributed by atoms with E-state index in [2.05, 4.69) is 5.32 Å². The van der Waals surface area contributed by atoms with Crippen molar-refractivity contribution in [2.45, 2.75) is 11.1 Å². The van der Waals surface area contributed by atoms with Crippen LogP contribution >= 0.6 is 23.2 Å². The van der Waals surface area contributed by atoms with Crippen LogP contribution in [0, 0.1) is 0 Å². The Kier molecular flexibility index (Phi) is 9.30. The molecule has 0 radical (unpaired) electrons. The van der Waals surface area contributed by atoms with Gasteiger partial charge in [0.2, 0.25) is 5.91 Å². The number of halogens is 5. The number of hydrogen-bond acceptors (Lipinski definition) is 5. The molecule has 0 aromatic heterocycles. The molecule has 37 heavy (non-hydrogen) atoms. The third-order valence-electron chi connectivity index (χ3n) is 4.91. The number of benzene rings is 3. The Bertz CT molecular complexity index is 1360. The summed E-state index contributed by atoms with van der Waals surface area (Å²) in [5.74, 6) is -0.823. The molecule has 0 fully saturated rings. The van der Waals surface area contributed by atoms with E-state index < -0.39 is 34.2 Å². The average Bonchev–Trinajstić information content (AvgIpc) is 2.84. The van der Waals surface area contributed by atoms with Crippen LogP contribution in [0.15, 0.2) is 71.6 Å². The van der Waals surface area contributed by atoms with Crippen LogP contribution in [0.2, 0.25) is 10.0 Å². The summed E-state index contributed by atoms with van der Waals surface area (Å²) in [6, 6.07) is 13.7. The van der Waals surface area contributed by atoms with Crippen LogP contribution in [0.25, 0.3) is 0 Å². The number of hydrogen-bond donors (Lipinski definition) is 1. The molecule has 13 heteroatoms. The maximum atomic E-state index is 13.6. The number of sulfonamides is 1. The van der Waals surface area contributed by atoms with Crippen LogP contribution in [0.4, 0.5) is 24.5 Å². The van der Waals surface area contributed by atoms with Gasteiger partial charge in [-0.3, -0.25) is 9.10 Å². The SMILES string of the molecule is COCCOc1cc(N(CC(=O)Nc2cccc(C(F)(F)F)c2)S(=O)(=O)c2ccccc2)c(Cl)cc1Cl. The van der Waals surface area contributed by atoms with Gasteiger partial charge in [-0.2, -0.15) is 13.2 Å². The van der Waals surface area contributed by atoms with Crippen molar-refractivity contribution >= 4 is 50.5 Å². The summed E-state index contributed by atoms with van der Waals surface area (Å²) in [7, 11) is -2.90. The Balaban J connectivity index is 2.00. The molecule has 0 aliphatic rings. The van der Waals surface area contributed by atoms with Gasteiger partial charge in [-0.15, -0.1) is 0 Å². The van der Waals surface area contributed by atoms with Gasteiger partial charge in [0.25, 0.3) is 10.0 Å². The fraction of sp³-hybridized carbons (Fsp3) is 0.208. The molecule has 0 unspecified atom stereocenters. The Labute approximate surface area is 221 Å². The number of nitrogens with one attached hydrogen (secondary N) is 1. The van der Waals surface area contributed by atoms with Crippen LogP contribution in [0.3, 0.4) is 0 Å². The topological polar surface area (TPSA) is 84.9 Å². The second kappa shape index (κ2) is 12.0. The molecule has 1 amide bonds. The molecular formula is C24H21Cl2F3N2O5S. The van der Waals surface area contributed by atoms with Crippen molar-refractivity contribution in [3.05, 3.63) is 82.3 Å². The van der Waals surface area contributed by atoms with Crippen LogP contribution < -0.4 is 14.4 Å². The molecule has 0 spiro atoms. The maximum absolute atomic E-state index is 13.6. The smallest absolute Gasteiger partial charge is 0.416 e. The molecule has 0 atom stereocenters. The van der Waals surface area contributed by atoms with Gasteiger partial charge in [0.1, 0.15) is 18.9 Å². The van der Waals surface area contributed by atoms with Crippen molar-refractivity contribution in [2.24, 2.45) is 0 Å². The summed E-state index contributed by atoms with van der Waals surface area (Å²) >= 11 is 12.5. The van der Waals surface area contributed by atoms with Gasteiger partial charge in [-0.1, -0.05) is 47.5 Å². The van der Waals surface area contributed by atoms with Crippen LogP contribution in [0.1, 0.15) is 5.56 Å². The number of nitrogens with zero attached hydrogens (tertiary/aromatic N) is 1. The minimum Gasteiger partial charge on any atom is -0.490 e. The normalized spacial score (nSPS) is 11.7. The summed E-state index contributed by atoms with van der Waals surface area (Å²) in [4.78, 5) is 12.8. The van der Waals surface area contributed by atoms with Crippen molar-refractivity contribution in [2.75, 3.05) is 36.5 Å². The lowest BCUT2D eigenvalue weighted by atomic mass is 10.2. The minimum atomic E-state index is -4.63. The van der Waals surface area contributed by atoms with E-state index in [9.17, 15) is 26.4 Å². The van der Waals surface area contributed by atoms with Gasteiger partial charge in [0, 0.05) is 18.9 Å². The van der Waals surface area contributed by atoms with Gasteiger partial charge in [0.15, 0.2) is 0 Å². The molecule has 0 saturated carbocycles. The van der Waals surface area contributed by atoms with Crippen molar-refractivity contribution in [1.82, 2.24) is 0 Å². The lowest BCUT2D eigenvalue weighted by Crippen LogP contribution is -2.38. The quantitative estimate of drug-likeness (QED) is 0.305. The Morgan fingerprint density at radius 3 is 2.32 bits per heavy atom. The molecule has 198 valence electrons. The molecule has 0 aliphatic carbocycles. The van der Waals surface area contributed by atoms with Crippen molar-refractivity contribution in [3.63, 3.8) is 0 Å². The van der Waals surface area contributed by atoms with Crippen molar-refractivity contribution < 1.29 is 35.9 Å². The number of amides is 1. The van der Waals surface area contributed by atoms with E-state index in [1.165, 1.54) is 49.6 Å². The zero-order valence-corrected chi connectivity index (χ0v) is 21.6. The van der Waals surface area contributed by atoms with Gasteiger partial charge in [-0.05, 0) is 36.4 Å². The van der Waals surface area contributed by atoms with E-state index in [1.54, 1.807) is 6.07 Å². The number of methoxy groups -OCH3 is 1. The van der Waals surface area contributed by atoms with E-state index in [0.29, 0.717) is 0 Å². The van der Waals surface area contributed by atoms with E-state index >= 15 is 0 Å². The number of carbonyl (C=O) groups excluding carboxylic acids is 1. The summed E-state index contributed by atoms with van der Waals surface area (Å²) in [6.45, 7) is -0.495. The highest BCUT2D eigenvalue weighted by Crippen LogP contribution is 2.38. The first-order valence-electron chi connectivity index (χ1n) is 10.6. The zero-order valence-electron chi connectivity index (χ0n) is 19.3. The Morgan fingerprint density at radius 2 is 1.68 bits per heavy atom. The minimum absolute atomic E-state index is 0.0877. The predicted octanol–water partition coefficient (Wildman–Crippen LogP) is 5.87. The third kappa shape index (κ3) is 7.29. The molecule has 1 N–H and O–H groups in total. The summed E-state index contributed by atoms with van der Waals surface area (Å²) in [6.07, 6.45) is -4.63. The van der Waals surface area contributed by atoms with E-state index in [-0.39, 0.29) is 45.3 Å². The van der Waals surface area contributed by atoms with Crippen molar-refractivity contribution in [3.8, 4) is 5.75 Å². The largest absolute Gasteiger partial charge is 0.490 e. The van der Waals surface area contributed by atoms with Crippen LogP contribution in [-0.2, 0) is 25.7 Å². The number of rotatable bonds is 10. The fourth-order valence-electron chi connectivity index (χ4n) is 3.18. The molecule has 7 nitrogen and oxygen atoms in total.